The van der Waals surface area contributed by atoms with Crippen molar-refractivity contribution in [1.29, 1.82) is 0 Å². The molecule has 0 saturated carbocycles. The molecule has 2 N–H and O–H groups in total. The Morgan fingerprint density at radius 3 is 3.06 bits per heavy atom. The van der Waals surface area contributed by atoms with Gasteiger partial charge in [0.1, 0.15) is 0 Å². The van der Waals surface area contributed by atoms with Crippen LogP contribution in [0.2, 0.25) is 5.02 Å². The number of rotatable bonds is 3. The van der Waals surface area contributed by atoms with E-state index in [4.69, 9.17) is 22.1 Å². The number of nitrogens with zero attached hydrogens (tertiary/aromatic N) is 1. The van der Waals surface area contributed by atoms with E-state index in [1.807, 2.05) is 12.1 Å². The van der Waals surface area contributed by atoms with Crippen molar-refractivity contribution in [1.82, 2.24) is 0 Å². The molecule has 94 valence electrons. The summed E-state index contributed by atoms with van der Waals surface area (Å²) in [6.45, 7) is 5.22. The predicted octanol–water partition coefficient (Wildman–Crippen LogP) is 2.41. The van der Waals surface area contributed by atoms with E-state index in [1.54, 1.807) is 0 Å². The number of anilines is 1. The molecule has 0 aromatic heterocycles. The van der Waals surface area contributed by atoms with Crippen molar-refractivity contribution in [2.45, 2.75) is 26.0 Å². The lowest BCUT2D eigenvalue weighted by Crippen LogP contribution is -2.42. The number of hydrogen-bond acceptors (Lipinski definition) is 3. The maximum Gasteiger partial charge on any atom is 0.0748 e. The molecule has 17 heavy (non-hydrogen) atoms. The maximum atomic E-state index is 6.18. The molecule has 0 aliphatic carbocycles. The lowest BCUT2D eigenvalue weighted by molar-refractivity contribution is 0.0384. The summed E-state index contributed by atoms with van der Waals surface area (Å²) in [5.74, 6) is 0. The van der Waals surface area contributed by atoms with E-state index in [9.17, 15) is 0 Å². The highest BCUT2D eigenvalue weighted by Gasteiger charge is 2.21. The Kier molecular flexibility index (Phi) is 4.26. The fraction of sp³-hybridized carbons (Fsp3) is 0.538. The van der Waals surface area contributed by atoms with Crippen LogP contribution in [0.4, 0.5) is 5.69 Å². The molecule has 1 aliphatic heterocycles. The SMILES string of the molecule is CCC1CN(c2cccc(Cl)c2CN)CCO1. The fourth-order valence-corrected chi connectivity index (χ4v) is 2.48. The second kappa shape index (κ2) is 5.71. The number of ether oxygens (including phenoxy) is 1. The van der Waals surface area contributed by atoms with Gasteiger partial charge in [0.2, 0.25) is 0 Å². The van der Waals surface area contributed by atoms with E-state index < -0.39 is 0 Å². The first kappa shape index (κ1) is 12.7. The zero-order valence-corrected chi connectivity index (χ0v) is 10.9. The second-order valence-electron chi connectivity index (χ2n) is 4.29. The Morgan fingerprint density at radius 1 is 1.53 bits per heavy atom. The van der Waals surface area contributed by atoms with Gasteiger partial charge in [-0.15, -0.1) is 0 Å². The van der Waals surface area contributed by atoms with E-state index in [1.165, 1.54) is 0 Å². The minimum absolute atomic E-state index is 0.313. The molecule has 1 atom stereocenters. The molecule has 1 aliphatic rings. The van der Waals surface area contributed by atoms with Gasteiger partial charge in [0.15, 0.2) is 0 Å². The van der Waals surface area contributed by atoms with Crippen LogP contribution >= 0.6 is 11.6 Å². The summed E-state index contributed by atoms with van der Waals surface area (Å²) >= 11 is 6.18. The van der Waals surface area contributed by atoms with Crippen LogP contribution in [-0.2, 0) is 11.3 Å². The van der Waals surface area contributed by atoms with Crippen LogP contribution in [0.15, 0.2) is 18.2 Å². The summed E-state index contributed by atoms with van der Waals surface area (Å²) in [5, 5.41) is 0.754. The van der Waals surface area contributed by atoms with Gasteiger partial charge in [-0.2, -0.15) is 0 Å². The molecule has 1 saturated heterocycles. The summed E-state index contributed by atoms with van der Waals surface area (Å²) in [5.41, 5.74) is 7.97. The summed E-state index contributed by atoms with van der Waals surface area (Å²) in [6, 6.07) is 5.96. The number of morpholine rings is 1. The van der Waals surface area contributed by atoms with Crippen LogP contribution in [-0.4, -0.2) is 25.8 Å². The third kappa shape index (κ3) is 2.73. The molecule has 0 radical (unpaired) electrons. The average Bonchev–Trinajstić information content (AvgIpc) is 2.38. The number of hydrogen-bond donors (Lipinski definition) is 1. The molecule has 2 rings (SSSR count). The molecule has 1 heterocycles. The van der Waals surface area contributed by atoms with Crippen LogP contribution in [0.1, 0.15) is 18.9 Å². The smallest absolute Gasteiger partial charge is 0.0748 e. The predicted molar refractivity (Wildman–Crippen MR) is 71.6 cm³/mol. The summed E-state index contributed by atoms with van der Waals surface area (Å²) in [4.78, 5) is 2.33. The maximum absolute atomic E-state index is 6.18. The molecule has 1 aromatic rings. The van der Waals surface area contributed by atoms with Crippen LogP contribution in [0, 0.1) is 0 Å². The standard InChI is InChI=1S/C13H19ClN2O/c1-2-10-9-16(6-7-17-10)13-5-3-4-12(14)11(13)8-15/h3-5,10H,2,6-9,15H2,1H3. The summed E-state index contributed by atoms with van der Waals surface area (Å²) in [7, 11) is 0. The van der Waals surface area contributed by atoms with E-state index in [-0.39, 0.29) is 0 Å². The van der Waals surface area contributed by atoms with Crippen molar-refractivity contribution in [3.05, 3.63) is 28.8 Å². The van der Waals surface area contributed by atoms with Crippen LogP contribution in [0.3, 0.4) is 0 Å². The number of benzene rings is 1. The third-order valence-corrected chi connectivity index (χ3v) is 3.59. The van der Waals surface area contributed by atoms with Crippen LogP contribution in [0.5, 0.6) is 0 Å². The second-order valence-corrected chi connectivity index (χ2v) is 4.70. The van der Waals surface area contributed by atoms with E-state index in [0.717, 1.165) is 42.4 Å². The molecule has 1 fully saturated rings. The van der Waals surface area contributed by atoms with Gasteiger partial charge in [-0.1, -0.05) is 24.6 Å². The highest BCUT2D eigenvalue weighted by Crippen LogP contribution is 2.28. The Bertz CT molecular complexity index is 384. The fourth-order valence-electron chi connectivity index (χ4n) is 2.23. The number of nitrogens with two attached hydrogens (primary N) is 1. The molecule has 0 bridgehead atoms. The van der Waals surface area contributed by atoms with Crippen molar-refractivity contribution in [3.63, 3.8) is 0 Å². The molecule has 1 unspecified atom stereocenters. The van der Waals surface area contributed by atoms with Gasteiger partial charge in [-0.25, -0.2) is 0 Å². The van der Waals surface area contributed by atoms with Crippen LogP contribution in [0.25, 0.3) is 0 Å². The van der Waals surface area contributed by atoms with E-state index in [2.05, 4.69) is 17.9 Å². The highest BCUT2D eigenvalue weighted by molar-refractivity contribution is 6.31. The molecule has 1 aromatic carbocycles. The molecule has 4 heteroatoms. The highest BCUT2D eigenvalue weighted by atomic mass is 35.5. The summed E-state index contributed by atoms with van der Waals surface area (Å²) in [6.07, 6.45) is 1.35. The van der Waals surface area contributed by atoms with Gasteiger partial charge >= 0.3 is 0 Å². The normalized spacial score (nSPS) is 20.6. The van der Waals surface area contributed by atoms with Crippen molar-refractivity contribution in [3.8, 4) is 0 Å². The first-order valence-electron chi connectivity index (χ1n) is 6.10. The largest absolute Gasteiger partial charge is 0.375 e. The Morgan fingerprint density at radius 2 is 2.35 bits per heavy atom. The summed E-state index contributed by atoms with van der Waals surface area (Å²) < 4.78 is 5.68. The first-order valence-corrected chi connectivity index (χ1v) is 6.48. The third-order valence-electron chi connectivity index (χ3n) is 3.23. The van der Waals surface area contributed by atoms with Crippen molar-refractivity contribution in [2.75, 3.05) is 24.6 Å². The average molecular weight is 255 g/mol. The monoisotopic (exact) mass is 254 g/mol. The first-order chi connectivity index (χ1) is 8.26. The Balaban J connectivity index is 2.24. The Labute approximate surface area is 107 Å². The van der Waals surface area contributed by atoms with E-state index >= 15 is 0 Å². The molecule has 0 spiro atoms. The minimum atomic E-state index is 0.313. The number of halogens is 1. The zero-order valence-electron chi connectivity index (χ0n) is 10.2. The topological polar surface area (TPSA) is 38.5 Å². The van der Waals surface area contributed by atoms with Gasteiger partial charge in [-0.3, -0.25) is 0 Å². The Hall–Kier alpha value is -0.770. The molecule has 0 amide bonds. The molecular weight excluding hydrogens is 236 g/mol. The zero-order chi connectivity index (χ0) is 12.3. The van der Waals surface area contributed by atoms with Gasteiger partial charge in [0, 0.05) is 35.9 Å². The van der Waals surface area contributed by atoms with Gasteiger partial charge in [0.25, 0.3) is 0 Å². The van der Waals surface area contributed by atoms with Gasteiger partial charge in [-0.05, 0) is 18.6 Å². The minimum Gasteiger partial charge on any atom is -0.375 e. The van der Waals surface area contributed by atoms with Crippen molar-refractivity contribution >= 4 is 17.3 Å². The van der Waals surface area contributed by atoms with Crippen molar-refractivity contribution in [2.24, 2.45) is 5.73 Å². The lowest BCUT2D eigenvalue weighted by atomic mass is 10.1. The molecular formula is C13H19ClN2O. The van der Waals surface area contributed by atoms with Crippen LogP contribution < -0.4 is 10.6 Å². The quantitative estimate of drug-likeness (QED) is 0.900. The van der Waals surface area contributed by atoms with Crippen molar-refractivity contribution < 1.29 is 4.74 Å². The van der Waals surface area contributed by atoms with Gasteiger partial charge in [0.05, 0.1) is 12.7 Å². The van der Waals surface area contributed by atoms with Gasteiger partial charge < -0.3 is 15.4 Å². The lowest BCUT2D eigenvalue weighted by Gasteiger charge is -2.35. The molecule has 3 nitrogen and oxygen atoms in total. The van der Waals surface area contributed by atoms with E-state index in [0.29, 0.717) is 12.6 Å².